The third kappa shape index (κ3) is 4.45. The summed E-state index contributed by atoms with van der Waals surface area (Å²) in [4.78, 5) is 34.0. The Morgan fingerprint density at radius 3 is 2.62 bits per heavy atom. The molecule has 1 atom stereocenters. The van der Waals surface area contributed by atoms with Crippen LogP contribution in [0.1, 0.15) is 23.7 Å². The van der Waals surface area contributed by atoms with Crippen LogP contribution in [0.4, 0.5) is 5.69 Å². The molecule has 0 spiro atoms. The monoisotopic (exact) mass is 312 g/mol. The number of rotatable bonds is 7. The van der Waals surface area contributed by atoms with Gasteiger partial charge in [0.05, 0.1) is 10.8 Å². The summed E-state index contributed by atoms with van der Waals surface area (Å²) < 4.78 is 0. The fraction of sp³-hybridized carbons (Fsp3) is 0.385. The SMILES string of the molecule is CCC(CNC(=O)c1cc(SC)ccc1[N+](=O)[O-])C(=O)O. The molecule has 1 amide bonds. The fourth-order valence-electron chi connectivity index (χ4n) is 1.70. The number of aliphatic carboxylic acids is 1. The molecule has 1 aromatic rings. The minimum absolute atomic E-state index is 0.0629. The van der Waals surface area contributed by atoms with Crippen molar-refractivity contribution in [1.29, 1.82) is 0 Å². The second kappa shape index (κ2) is 7.63. The van der Waals surface area contributed by atoms with Crippen molar-refractivity contribution >= 4 is 29.3 Å². The maximum atomic E-state index is 12.1. The van der Waals surface area contributed by atoms with E-state index < -0.39 is 22.7 Å². The van der Waals surface area contributed by atoms with E-state index in [9.17, 15) is 19.7 Å². The van der Waals surface area contributed by atoms with E-state index in [1.807, 2.05) is 0 Å². The molecule has 114 valence electrons. The van der Waals surface area contributed by atoms with Crippen LogP contribution in [0, 0.1) is 16.0 Å². The lowest BCUT2D eigenvalue weighted by atomic mass is 10.1. The first-order chi connectivity index (χ1) is 9.90. The van der Waals surface area contributed by atoms with Gasteiger partial charge in [-0.25, -0.2) is 0 Å². The highest BCUT2D eigenvalue weighted by Gasteiger charge is 2.22. The molecule has 0 bridgehead atoms. The Morgan fingerprint density at radius 2 is 2.14 bits per heavy atom. The lowest BCUT2D eigenvalue weighted by Gasteiger charge is -2.11. The summed E-state index contributed by atoms with van der Waals surface area (Å²) in [5, 5.41) is 22.3. The van der Waals surface area contributed by atoms with Crippen molar-refractivity contribution in [1.82, 2.24) is 5.32 Å². The number of nitro groups is 1. The second-order valence-corrected chi connectivity index (χ2v) is 5.17. The van der Waals surface area contributed by atoms with Gasteiger partial charge in [-0.1, -0.05) is 6.92 Å². The van der Waals surface area contributed by atoms with Gasteiger partial charge in [-0.3, -0.25) is 19.7 Å². The molecule has 0 aliphatic heterocycles. The summed E-state index contributed by atoms with van der Waals surface area (Å²) in [5.74, 6) is -2.36. The first-order valence-electron chi connectivity index (χ1n) is 6.24. The fourth-order valence-corrected chi connectivity index (χ4v) is 2.14. The maximum Gasteiger partial charge on any atom is 0.308 e. The molecular formula is C13H16N2O5S. The summed E-state index contributed by atoms with van der Waals surface area (Å²) in [6.45, 7) is 1.63. The van der Waals surface area contributed by atoms with E-state index in [1.165, 1.54) is 23.9 Å². The van der Waals surface area contributed by atoms with Gasteiger partial charge in [-0.2, -0.15) is 0 Å². The van der Waals surface area contributed by atoms with Gasteiger partial charge in [-0.05, 0) is 24.8 Å². The molecule has 2 N–H and O–H groups in total. The van der Waals surface area contributed by atoms with Crippen LogP contribution < -0.4 is 5.32 Å². The van der Waals surface area contributed by atoms with E-state index >= 15 is 0 Å². The predicted octanol–water partition coefficient (Wildman–Crippen LogP) is 2.16. The Kier molecular flexibility index (Phi) is 6.16. The molecule has 0 fully saturated rings. The van der Waals surface area contributed by atoms with Crippen molar-refractivity contribution < 1.29 is 19.6 Å². The molecule has 0 aliphatic rings. The van der Waals surface area contributed by atoms with Gasteiger partial charge in [-0.15, -0.1) is 11.8 Å². The van der Waals surface area contributed by atoms with Crippen LogP contribution in [0.5, 0.6) is 0 Å². The molecule has 0 heterocycles. The Morgan fingerprint density at radius 1 is 1.48 bits per heavy atom. The topological polar surface area (TPSA) is 110 Å². The number of carbonyl (C=O) groups is 2. The third-order valence-electron chi connectivity index (χ3n) is 3.00. The van der Waals surface area contributed by atoms with Gasteiger partial charge in [0.2, 0.25) is 0 Å². The quantitative estimate of drug-likeness (QED) is 0.453. The predicted molar refractivity (Wildman–Crippen MR) is 78.6 cm³/mol. The Bertz CT molecular complexity index is 561. The molecular weight excluding hydrogens is 296 g/mol. The van der Waals surface area contributed by atoms with Gasteiger partial charge in [0.15, 0.2) is 0 Å². The highest BCUT2D eigenvalue weighted by atomic mass is 32.2. The van der Waals surface area contributed by atoms with Crippen LogP contribution in [0.2, 0.25) is 0 Å². The number of benzene rings is 1. The van der Waals surface area contributed by atoms with Gasteiger partial charge < -0.3 is 10.4 Å². The third-order valence-corrected chi connectivity index (χ3v) is 3.72. The molecule has 0 aliphatic carbocycles. The molecule has 21 heavy (non-hydrogen) atoms. The molecule has 0 saturated carbocycles. The smallest absolute Gasteiger partial charge is 0.308 e. The molecule has 0 saturated heterocycles. The molecule has 0 radical (unpaired) electrons. The number of carboxylic acids is 1. The number of hydrogen-bond acceptors (Lipinski definition) is 5. The highest BCUT2D eigenvalue weighted by molar-refractivity contribution is 7.98. The largest absolute Gasteiger partial charge is 0.481 e. The lowest BCUT2D eigenvalue weighted by Crippen LogP contribution is -2.33. The number of amides is 1. The Hall–Kier alpha value is -2.09. The van der Waals surface area contributed by atoms with Gasteiger partial charge in [0.1, 0.15) is 5.56 Å². The molecule has 0 aromatic heterocycles. The van der Waals surface area contributed by atoms with Gasteiger partial charge in [0.25, 0.3) is 11.6 Å². The summed E-state index contributed by atoms with van der Waals surface area (Å²) in [6.07, 6.45) is 2.16. The summed E-state index contributed by atoms with van der Waals surface area (Å²) in [5.41, 5.74) is -0.360. The van der Waals surface area contributed by atoms with Crippen LogP contribution in [0.15, 0.2) is 23.1 Å². The standard InChI is InChI=1S/C13H16N2O5S/c1-3-8(13(17)18)7-14-12(16)10-6-9(21-2)4-5-11(10)15(19)20/h4-6,8H,3,7H2,1-2H3,(H,14,16)(H,17,18). The highest BCUT2D eigenvalue weighted by Crippen LogP contribution is 2.24. The zero-order valence-electron chi connectivity index (χ0n) is 11.7. The van der Waals surface area contributed by atoms with Crippen LogP contribution in [-0.4, -0.2) is 34.7 Å². The minimum atomic E-state index is -1.01. The van der Waals surface area contributed by atoms with E-state index in [2.05, 4.69) is 5.32 Å². The number of nitrogens with one attached hydrogen (secondary N) is 1. The van der Waals surface area contributed by atoms with Crippen molar-refractivity contribution in [3.63, 3.8) is 0 Å². The molecule has 1 aromatic carbocycles. The molecule has 8 heteroatoms. The average molecular weight is 312 g/mol. The first-order valence-corrected chi connectivity index (χ1v) is 7.46. The zero-order valence-corrected chi connectivity index (χ0v) is 12.5. The Labute approximate surface area is 125 Å². The average Bonchev–Trinajstić information content (AvgIpc) is 2.46. The van der Waals surface area contributed by atoms with Crippen molar-refractivity contribution in [3.8, 4) is 0 Å². The summed E-state index contributed by atoms with van der Waals surface area (Å²) in [6, 6.07) is 4.26. The normalized spacial score (nSPS) is 11.7. The van der Waals surface area contributed by atoms with Crippen molar-refractivity contribution in [3.05, 3.63) is 33.9 Å². The first kappa shape index (κ1) is 17.0. The lowest BCUT2D eigenvalue weighted by molar-refractivity contribution is -0.385. The summed E-state index contributed by atoms with van der Waals surface area (Å²) in [7, 11) is 0. The Balaban J connectivity index is 2.95. The van der Waals surface area contributed by atoms with Crippen LogP contribution in [0.3, 0.4) is 0 Å². The number of nitrogens with zero attached hydrogens (tertiary/aromatic N) is 1. The summed E-state index contributed by atoms with van der Waals surface area (Å²) >= 11 is 1.36. The van der Waals surface area contributed by atoms with Crippen molar-refractivity contribution in [2.75, 3.05) is 12.8 Å². The number of carbonyl (C=O) groups excluding carboxylic acids is 1. The van der Waals surface area contributed by atoms with Crippen molar-refractivity contribution in [2.24, 2.45) is 5.92 Å². The van der Waals surface area contributed by atoms with Gasteiger partial charge in [0, 0.05) is 17.5 Å². The van der Waals surface area contributed by atoms with E-state index in [0.29, 0.717) is 6.42 Å². The number of thioether (sulfide) groups is 1. The van der Waals surface area contributed by atoms with E-state index in [4.69, 9.17) is 5.11 Å². The minimum Gasteiger partial charge on any atom is -0.481 e. The van der Waals surface area contributed by atoms with E-state index in [-0.39, 0.29) is 17.8 Å². The number of nitro benzene ring substituents is 1. The molecule has 1 unspecified atom stereocenters. The van der Waals surface area contributed by atoms with Crippen LogP contribution in [0.25, 0.3) is 0 Å². The molecule has 1 rings (SSSR count). The number of hydrogen-bond donors (Lipinski definition) is 2. The number of carboxylic acid groups (broad SMARTS) is 1. The molecule has 7 nitrogen and oxygen atoms in total. The van der Waals surface area contributed by atoms with Gasteiger partial charge >= 0.3 is 5.97 Å². The van der Waals surface area contributed by atoms with E-state index in [0.717, 1.165) is 4.90 Å². The second-order valence-electron chi connectivity index (χ2n) is 4.29. The zero-order chi connectivity index (χ0) is 16.0. The van der Waals surface area contributed by atoms with Crippen molar-refractivity contribution in [2.45, 2.75) is 18.2 Å². The van der Waals surface area contributed by atoms with Crippen LogP contribution >= 0.6 is 11.8 Å². The maximum absolute atomic E-state index is 12.1. The van der Waals surface area contributed by atoms with Crippen LogP contribution in [-0.2, 0) is 4.79 Å². The van der Waals surface area contributed by atoms with E-state index in [1.54, 1.807) is 19.2 Å².